The van der Waals surface area contributed by atoms with Gasteiger partial charge in [-0.15, -0.1) is 23.1 Å². The molecule has 0 fully saturated rings. The molecule has 1 aromatic heterocycles. The van der Waals surface area contributed by atoms with E-state index in [1.807, 2.05) is 0 Å². The minimum absolute atomic E-state index is 0.0675. The van der Waals surface area contributed by atoms with Crippen LogP contribution >= 0.6 is 23.1 Å². The van der Waals surface area contributed by atoms with Gasteiger partial charge in [0.15, 0.2) is 11.6 Å². The largest absolute Gasteiger partial charge is 0.478 e. The third-order valence-corrected chi connectivity index (χ3v) is 5.85. The van der Waals surface area contributed by atoms with Crippen LogP contribution in [-0.4, -0.2) is 23.1 Å². The van der Waals surface area contributed by atoms with Crippen LogP contribution in [0.1, 0.15) is 15.9 Å². The Kier molecular flexibility index (Phi) is 7.79. The number of rotatable bonds is 5. The number of carboxylic acids is 1. The molecule has 0 aliphatic rings. The smallest absolute Gasteiger partial charge is 0.339 e. The number of carbonyl (C=O) groups excluding carboxylic acids is 1. The summed E-state index contributed by atoms with van der Waals surface area (Å²) in [6.07, 6.45) is 0.830. The SMILES string of the molecule is Cc1ccc(-c2csc(N)c2C(=O)O)c(F)c1F.Nc1cccc(N)c1SCC=O. The van der Waals surface area contributed by atoms with Gasteiger partial charge in [-0.3, -0.25) is 0 Å². The third-order valence-electron chi connectivity index (χ3n) is 3.97. The average Bonchev–Trinajstić information content (AvgIpc) is 3.08. The molecule has 6 nitrogen and oxygen atoms in total. The fourth-order valence-corrected chi connectivity index (χ4v) is 4.01. The molecule has 0 amide bonds. The number of carbonyl (C=O) groups is 2. The summed E-state index contributed by atoms with van der Waals surface area (Å²) in [6.45, 7) is 1.43. The molecule has 3 aromatic rings. The van der Waals surface area contributed by atoms with E-state index in [4.69, 9.17) is 22.3 Å². The highest BCUT2D eigenvalue weighted by molar-refractivity contribution is 8.00. The van der Waals surface area contributed by atoms with E-state index in [9.17, 15) is 18.4 Å². The molecule has 0 saturated heterocycles. The number of anilines is 3. The van der Waals surface area contributed by atoms with Crippen LogP contribution in [0.4, 0.5) is 25.2 Å². The number of carboxylic acid groups (broad SMARTS) is 1. The van der Waals surface area contributed by atoms with E-state index in [0.717, 1.165) is 22.5 Å². The second-order valence-corrected chi connectivity index (χ2v) is 7.94. The summed E-state index contributed by atoms with van der Waals surface area (Å²) in [7, 11) is 0. The zero-order chi connectivity index (χ0) is 22.4. The van der Waals surface area contributed by atoms with Crippen molar-refractivity contribution in [1.29, 1.82) is 0 Å². The number of thioether (sulfide) groups is 1. The first-order chi connectivity index (χ1) is 14.2. The van der Waals surface area contributed by atoms with Gasteiger partial charge in [-0.05, 0) is 24.6 Å². The average molecular weight is 452 g/mol. The molecule has 3 rings (SSSR count). The highest BCUT2D eigenvalue weighted by Gasteiger charge is 2.22. The molecule has 1 heterocycles. The van der Waals surface area contributed by atoms with Crippen molar-refractivity contribution in [1.82, 2.24) is 0 Å². The Bertz CT molecular complexity index is 1070. The maximum Gasteiger partial charge on any atom is 0.339 e. The molecule has 2 aromatic carbocycles. The number of aldehydes is 1. The molecule has 0 aliphatic carbocycles. The van der Waals surface area contributed by atoms with E-state index in [1.54, 1.807) is 18.2 Å². The monoisotopic (exact) mass is 451 g/mol. The number of nitrogens with two attached hydrogens (primary N) is 3. The maximum absolute atomic E-state index is 13.8. The van der Waals surface area contributed by atoms with Crippen LogP contribution in [0.2, 0.25) is 0 Å². The van der Waals surface area contributed by atoms with E-state index in [2.05, 4.69) is 0 Å². The van der Waals surface area contributed by atoms with Crippen molar-refractivity contribution in [3.63, 3.8) is 0 Å². The third kappa shape index (κ3) is 5.08. The number of aromatic carboxylic acids is 1. The van der Waals surface area contributed by atoms with Crippen LogP contribution in [0.3, 0.4) is 0 Å². The summed E-state index contributed by atoms with van der Waals surface area (Å²) in [6, 6.07) is 8.07. The normalized spacial score (nSPS) is 10.2. The van der Waals surface area contributed by atoms with Crippen molar-refractivity contribution in [2.75, 3.05) is 23.0 Å². The van der Waals surface area contributed by atoms with Crippen molar-refractivity contribution in [2.45, 2.75) is 11.8 Å². The van der Waals surface area contributed by atoms with Crippen LogP contribution in [-0.2, 0) is 4.79 Å². The molecule has 0 saturated carbocycles. The Morgan fingerprint density at radius 1 is 1.10 bits per heavy atom. The minimum atomic E-state index is -1.26. The zero-order valence-corrected chi connectivity index (χ0v) is 17.4. The quantitative estimate of drug-likeness (QED) is 0.256. The second-order valence-electron chi connectivity index (χ2n) is 6.00. The van der Waals surface area contributed by atoms with Crippen LogP contribution in [0, 0.1) is 18.6 Å². The molecule has 158 valence electrons. The van der Waals surface area contributed by atoms with Crippen molar-refractivity contribution in [3.05, 3.63) is 58.5 Å². The molecule has 0 aliphatic heterocycles. The van der Waals surface area contributed by atoms with Gasteiger partial charge >= 0.3 is 5.97 Å². The highest BCUT2D eigenvalue weighted by Crippen LogP contribution is 2.36. The maximum atomic E-state index is 13.8. The van der Waals surface area contributed by atoms with Gasteiger partial charge in [-0.1, -0.05) is 18.2 Å². The summed E-state index contributed by atoms with van der Waals surface area (Å²) >= 11 is 2.34. The van der Waals surface area contributed by atoms with Gasteiger partial charge in [0.2, 0.25) is 0 Å². The molecule has 0 radical (unpaired) electrons. The number of benzene rings is 2. The lowest BCUT2D eigenvalue weighted by molar-refractivity contribution is -0.105. The van der Waals surface area contributed by atoms with E-state index in [1.165, 1.54) is 36.2 Å². The summed E-state index contributed by atoms with van der Waals surface area (Å²) in [5.41, 5.74) is 18.0. The Morgan fingerprint density at radius 3 is 2.30 bits per heavy atom. The lowest BCUT2D eigenvalue weighted by Gasteiger charge is -2.06. The van der Waals surface area contributed by atoms with E-state index >= 15 is 0 Å². The van der Waals surface area contributed by atoms with Crippen molar-refractivity contribution >= 4 is 51.7 Å². The Morgan fingerprint density at radius 2 is 1.73 bits per heavy atom. The first kappa shape index (κ1) is 23.2. The van der Waals surface area contributed by atoms with Crippen LogP contribution in [0.5, 0.6) is 0 Å². The topological polar surface area (TPSA) is 132 Å². The van der Waals surface area contributed by atoms with Crippen molar-refractivity contribution in [2.24, 2.45) is 0 Å². The molecule has 30 heavy (non-hydrogen) atoms. The summed E-state index contributed by atoms with van der Waals surface area (Å²) < 4.78 is 27.3. The minimum Gasteiger partial charge on any atom is -0.478 e. The van der Waals surface area contributed by atoms with Gasteiger partial charge in [0.05, 0.1) is 10.6 Å². The molecule has 10 heteroatoms. The fourth-order valence-electron chi connectivity index (χ4n) is 2.50. The lowest BCUT2D eigenvalue weighted by atomic mass is 10.0. The van der Waals surface area contributed by atoms with Gasteiger partial charge in [0.25, 0.3) is 0 Å². The van der Waals surface area contributed by atoms with E-state index < -0.39 is 17.6 Å². The molecule has 7 N–H and O–H groups in total. The molecule has 0 spiro atoms. The molecule has 0 bridgehead atoms. The number of nitrogen functional groups attached to an aromatic ring is 3. The van der Waals surface area contributed by atoms with Gasteiger partial charge in [0.1, 0.15) is 16.9 Å². The van der Waals surface area contributed by atoms with Crippen molar-refractivity contribution in [3.8, 4) is 11.1 Å². The Balaban J connectivity index is 0.000000232. The Hall–Kier alpha value is -3.11. The van der Waals surface area contributed by atoms with Crippen LogP contribution < -0.4 is 17.2 Å². The predicted octanol–water partition coefficient (Wildman–Crippen LogP) is 4.42. The molecular formula is C20H19F2N3O3S2. The zero-order valence-electron chi connectivity index (χ0n) is 15.8. The summed E-state index contributed by atoms with van der Waals surface area (Å²) in [4.78, 5) is 21.9. The predicted molar refractivity (Wildman–Crippen MR) is 118 cm³/mol. The van der Waals surface area contributed by atoms with E-state index in [0.29, 0.717) is 17.1 Å². The van der Waals surface area contributed by atoms with Crippen LogP contribution in [0.25, 0.3) is 11.1 Å². The number of aryl methyl sites for hydroxylation is 1. The van der Waals surface area contributed by atoms with Gasteiger partial charge < -0.3 is 27.1 Å². The molecular weight excluding hydrogens is 432 g/mol. The number of hydrogen-bond donors (Lipinski definition) is 4. The summed E-state index contributed by atoms with van der Waals surface area (Å²) in [5.74, 6) is -2.91. The lowest BCUT2D eigenvalue weighted by Crippen LogP contribution is -2.02. The summed E-state index contributed by atoms with van der Waals surface area (Å²) in [5, 5.41) is 10.5. The van der Waals surface area contributed by atoms with Gasteiger partial charge in [-0.25, -0.2) is 13.6 Å². The Labute approximate surface area is 179 Å². The second kappa shape index (κ2) is 10.1. The van der Waals surface area contributed by atoms with Crippen LogP contribution in [0.15, 0.2) is 40.6 Å². The standard InChI is InChI=1S/C12H9F2NO2S.C8H10N2OS/c1-5-2-3-6(10(14)9(5)13)7-4-18-11(15)8(7)12(16)17;9-6-2-1-3-7(10)8(6)12-5-4-11/h2-4H,15H2,1H3,(H,16,17);1-4H,5,9-10H2. The first-order valence-electron chi connectivity index (χ1n) is 8.44. The number of thiophene rings is 1. The molecule has 0 unspecified atom stereocenters. The molecule has 0 atom stereocenters. The van der Waals surface area contributed by atoms with Gasteiger partial charge in [0, 0.05) is 27.9 Å². The van der Waals surface area contributed by atoms with Crippen molar-refractivity contribution < 1.29 is 23.5 Å². The fraction of sp³-hybridized carbons (Fsp3) is 0.100. The van der Waals surface area contributed by atoms with E-state index in [-0.39, 0.29) is 27.3 Å². The number of hydrogen-bond acceptors (Lipinski definition) is 7. The number of halogens is 2. The highest BCUT2D eigenvalue weighted by atomic mass is 32.2. The van der Waals surface area contributed by atoms with Gasteiger partial charge in [-0.2, -0.15) is 0 Å². The first-order valence-corrected chi connectivity index (χ1v) is 10.3.